The van der Waals surface area contributed by atoms with E-state index in [-0.39, 0.29) is 5.91 Å². The van der Waals surface area contributed by atoms with Gasteiger partial charge in [0, 0.05) is 31.4 Å². The maximum absolute atomic E-state index is 11.8. The van der Waals surface area contributed by atoms with Gasteiger partial charge in [0.25, 0.3) is 5.91 Å². The highest BCUT2D eigenvalue weighted by molar-refractivity contribution is 5.92. The van der Waals surface area contributed by atoms with Gasteiger partial charge in [0.15, 0.2) is 5.69 Å². The molecule has 2 rings (SSSR count). The Morgan fingerprint density at radius 2 is 2.25 bits per heavy atom. The summed E-state index contributed by atoms with van der Waals surface area (Å²) < 4.78 is 2.12. The van der Waals surface area contributed by atoms with Gasteiger partial charge in [0.05, 0.1) is 5.69 Å². The molecule has 7 heteroatoms. The van der Waals surface area contributed by atoms with Crippen LogP contribution in [0.5, 0.6) is 0 Å². The molecule has 0 unspecified atom stereocenters. The van der Waals surface area contributed by atoms with Gasteiger partial charge < -0.3 is 9.88 Å². The first-order valence-corrected chi connectivity index (χ1v) is 6.76. The summed E-state index contributed by atoms with van der Waals surface area (Å²) in [6, 6.07) is 0. The third-order valence-electron chi connectivity index (χ3n) is 3.06. The summed E-state index contributed by atoms with van der Waals surface area (Å²) in [6.45, 7) is 7.42. The zero-order valence-corrected chi connectivity index (χ0v) is 12.1. The number of carbonyl (C=O) groups excluding carboxylic acids is 1. The first-order valence-electron chi connectivity index (χ1n) is 6.76. The van der Waals surface area contributed by atoms with E-state index < -0.39 is 0 Å². The van der Waals surface area contributed by atoms with Crippen molar-refractivity contribution in [1.82, 2.24) is 30.3 Å². The Kier molecular flexibility index (Phi) is 4.49. The minimum Gasteiger partial charge on any atom is -0.351 e. The average molecular weight is 276 g/mol. The number of hydrogen-bond acceptors (Lipinski definition) is 4. The van der Waals surface area contributed by atoms with E-state index in [0.717, 1.165) is 18.8 Å². The van der Waals surface area contributed by atoms with Crippen LogP contribution in [-0.2, 0) is 6.54 Å². The van der Waals surface area contributed by atoms with Gasteiger partial charge in [0.1, 0.15) is 5.82 Å². The van der Waals surface area contributed by atoms with Crippen LogP contribution in [0.2, 0.25) is 0 Å². The van der Waals surface area contributed by atoms with Crippen molar-refractivity contribution in [2.75, 3.05) is 6.54 Å². The van der Waals surface area contributed by atoms with Crippen LogP contribution >= 0.6 is 0 Å². The van der Waals surface area contributed by atoms with Crippen molar-refractivity contribution in [3.8, 4) is 0 Å². The van der Waals surface area contributed by atoms with Gasteiger partial charge in [-0.05, 0) is 13.3 Å². The Labute approximate surface area is 117 Å². The number of hydrogen-bond donors (Lipinski definition) is 2. The molecule has 2 N–H and O–H groups in total. The molecule has 20 heavy (non-hydrogen) atoms. The standard InChI is InChI=1S/C13H20N6O/c1-9(2)12-14-6-8-19(12)7-4-5-15-13(20)11-10(3)16-18-17-11/h6,8-9H,4-5,7H2,1-3H3,(H,15,20)(H,16,17,18). The number of imidazole rings is 1. The predicted molar refractivity (Wildman–Crippen MR) is 74.4 cm³/mol. The zero-order chi connectivity index (χ0) is 14.5. The Morgan fingerprint density at radius 3 is 2.90 bits per heavy atom. The Bertz CT molecular complexity index is 571. The van der Waals surface area contributed by atoms with E-state index in [0.29, 0.717) is 23.9 Å². The van der Waals surface area contributed by atoms with Crippen LogP contribution in [0, 0.1) is 6.92 Å². The number of aromatic nitrogens is 5. The summed E-state index contributed by atoms with van der Waals surface area (Å²) in [7, 11) is 0. The van der Waals surface area contributed by atoms with E-state index >= 15 is 0 Å². The maximum Gasteiger partial charge on any atom is 0.273 e. The molecule has 0 aliphatic carbocycles. The first kappa shape index (κ1) is 14.2. The van der Waals surface area contributed by atoms with Gasteiger partial charge in [-0.3, -0.25) is 4.79 Å². The molecule has 0 atom stereocenters. The molecule has 0 aromatic carbocycles. The molecule has 0 saturated carbocycles. The van der Waals surface area contributed by atoms with Crippen LogP contribution in [-0.4, -0.2) is 37.4 Å². The van der Waals surface area contributed by atoms with Crippen molar-refractivity contribution in [2.24, 2.45) is 0 Å². The van der Waals surface area contributed by atoms with E-state index in [1.807, 2.05) is 12.4 Å². The Hall–Kier alpha value is -2.18. The number of aryl methyl sites for hydroxylation is 2. The summed E-state index contributed by atoms with van der Waals surface area (Å²) in [5.41, 5.74) is 0.967. The molecule has 2 heterocycles. The van der Waals surface area contributed by atoms with Crippen LogP contribution in [0.1, 0.15) is 48.2 Å². The molecule has 0 aliphatic rings. The number of rotatable bonds is 6. The lowest BCUT2D eigenvalue weighted by Gasteiger charge is -2.10. The fourth-order valence-electron chi connectivity index (χ4n) is 2.04. The summed E-state index contributed by atoms with van der Waals surface area (Å²) in [4.78, 5) is 16.1. The van der Waals surface area contributed by atoms with Gasteiger partial charge in [-0.25, -0.2) is 4.98 Å². The normalized spacial score (nSPS) is 11.0. The minimum absolute atomic E-state index is 0.189. The molecule has 0 bridgehead atoms. The largest absolute Gasteiger partial charge is 0.351 e. The monoisotopic (exact) mass is 276 g/mol. The molecule has 0 saturated heterocycles. The molecule has 0 spiro atoms. The molecule has 1 amide bonds. The third kappa shape index (κ3) is 3.23. The summed E-state index contributed by atoms with van der Waals surface area (Å²) in [5, 5.41) is 12.9. The van der Waals surface area contributed by atoms with Gasteiger partial charge in [-0.15, -0.1) is 0 Å². The molecular formula is C13H20N6O. The van der Waals surface area contributed by atoms with E-state index in [4.69, 9.17) is 0 Å². The molecule has 2 aromatic heterocycles. The maximum atomic E-state index is 11.8. The number of aromatic amines is 1. The first-order chi connectivity index (χ1) is 9.59. The Morgan fingerprint density at radius 1 is 1.45 bits per heavy atom. The van der Waals surface area contributed by atoms with Crippen LogP contribution in [0.15, 0.2) is 12.4 Å². The highest BCUT2D eigenvalue weighted by atomic mass is 16.2. The summed E-state index contributed by atoms with van der Waals surface area (Å²) in [5.74, 6) is 1.28. The fraction of sp³-hybridized carbons (Fsp3) is 0.538. The fourth-order valence-corrected chi connectivity index (χ4v) is 2.04. The van der Waals surface area contributed by atoms with E-state index in [1.54, 1.807) is 6.92 Å². The van der Waals surface area contributed by atoms with Gasteiger partial charge in [0.2, 0.25) is 0 Å². The third-order valence-corrected chi connectivity index (χ3v) is 3.06. The lowest BCUT2D eigenvalue weighted by molar-refractivity contribution is 0.0947. The molecular weight excluding hydrogens is 256 g/mol. The van der Waals surface area contributed by atoms with Crippen LogP contribution < -0.4 is 5.32 Å². The average Bonchev–Trinajstić information content (AvgIpc) is 3.02. The smallest absolute Gasteiger partial charge is 0.273 e. The highest BCUT2D eigenvalue weighted by Crippen LogP contribution is 2.11. The lowest BCUT2D eigenvalue weighted by atomic mass is 10.2. The number of nitrogens with zero attached hydrogens (tertiary/aromatic N) is 4. The second-order valence-electron chi connectivity index (χ2n) is 5.00. The minimum atomic E-state index is -0.189. The van der Waals surface area contributed by atoms with Crippen molar-refractivity contribution in [1.29, 1.82) is 0 Å². The van der Waals surface area contributed by atoms with Crippen molar-refractivity contribution >= 4 is 5.91 Å². The van der Waals surface area contributed by atoms with E-state index in [9.17, 15) is 4.79 Å². The molecule has 0 aliphatic heterocycles. The number of H-pyrrole nitrogens is 1. The van der Waals surface area contributed by atoms with E-state index in [1.165, 1.54) is 0 Å². The summed E-state index contributed by atoms with van der Waals surface area (Å²) in [6.07, 6.45) is 4.63. The van der Waals surface area contributed by atoms with Crippen molar-refractivity contribution in [3.05, 3.63) is 29.6 Å². The van der Waals surface area contributed by atoms with Crippen molar-refractivity contribution in [2.45, 2.75) is 39.7 Å². The van der Waals surface area contributed by atoms with Gasteiger partial charge >= 0.3 is 0 Å². The van der Waals surface area contributed by atoms with Crippen molar-refractivity contribution in [3.63, 3.8) is 0 Å². The second kappa shape index (κ2) is 6.31. The van der Waals surface area contributed by atoms with E-state index in [2.05, 4.69) is 44.1 Å². The van der Waals surface area contributed by atoms with Crippen LogP contribution in [0.3, 0.4) is 0 Å². The second-order valence-corrected chi connectivity index (χ2v) is 5.00. The number of carbonyl (C=O) groups is 1. The molecule has 0 fully saturated rings. The lowest BCUT2D eigenvalue weighted by Crippen LogP contribution is -2.26. The summed E-state index contributed by atoms with van der Waals surface area (Å²) >= 11 is 0. The van der Waals surface area contributed by atoms with Crippen LogP contribution in [0.25, 0.3) is 0 Å². The van der Waals surface area contributed by atoms with Gasteiger partial charge in [-0.1, -0.05) is 13.8 Å². The topological polar surface area (TPSA) is 88.5 Å². The Balaban J connectivity index is 1.78. The van der Waals surface area contributed by atoms with Crippen LogP contribution in [0.4, 0.5) is 0 Å². The predicted octanol–water partition coefficient (Wildman–Crippen LogP) is 1.25. The van der Waals surface area contributed by atoms with Crippen molar-refractivity contribution < 1.29 is 4.79 Å². The zero-order valence-electron chi connectivity index (χ0n) is 12.1. The molecule has 0 radical (unpaired) electrons. The highest BCUT2D eigenvalue weighted by Gasteiger charge is 2.12. The molecule has 7 nitrogen and oxygen atoms in total. The number of amides is 1. The molecule has 2 aromatic rings. The SMILES string of the molecule is Cc1n[nH]nc1C(=O)NCCCn1ccnc1C(C)C. The quantitative estimate of drug-likeness (QED) is 0.777. The van der Waals surface area contributed by atoms with Gasteiger partial charge in [-0.2, -0.15) is 15.4 Å². The molecule has 108 valence electrons. The number of nitrogens with one attached hydrogen (secondary N) is 2.